The fourth-order valence-electron chi connectivity index (χ4n) is 3.27. The maximum absolute atomic E-state index is 5.84. The molecule has 0 saturated carbocycles. The molecule has 0 aromatic carbocycles. The van der Waals surface area contributed by atoms with Crippen LogP contribution in [0.1, 0.15) is 24.3 Å². The molecule has 106 valence electrons. The molecular weight excluding hydrogens is 270 g/mol. The highest BCUT2D eigenvalue weighted by Crippen LogP contribution is 2.28. The van der Waals surface area contributed by atoms with Gasteiger partial charge in [-0.1, -0.05) is 6.07 Å². The zero-order valence-corrected chi connectivity index (χ0v) is 12.4. The number of piperazine rings is 1. The van der Waals surface area contributed by atoms with E-state index in [0.29, 0.717) is 12.1 Å². The second-order valence-electron chi connectivity index (χ2n) is 5.76. The second kappa shape index (κ2) is 4.98. The molecule has 3 aliphatic heterocycles. The van der Waals surface area contributed by atoms with Gasteiger partial charge in [-0.2, -0.15) is 0 Å². The van der Waals surface area contributed by atoms with E-state index in [1.54, 1.807) is 11.3 Å². The van der Waals surface area contributed by atoms with Gasteiger partial charge in [-0.15, -0.1) is 11.3 Å². The first-order valence-corrected chi connectivity index (χ1v) is 8.15. The minimum Gasteiger partial charge on any atom is -0.440 e. The first-order valence-electron chi connectivity index (χ1n) is 7.27. The van der Waals surface area contributed by atoms with Crippen molar-refractivity contribution in [2.24, 2.45) is 0 Å². The van der Waals surface area contributed by atoms with Gasteiger partial charge >= 0.3 is 0 Å². The zero-order chi connectivity index (χ0) is 13.5. The number of piperidine rings is 2. The molecule has 4 nitrogen and oxygen atoms in total. The molecule has 5 heterocycles. The molecule has 20 heavy (non-hydrogen) atoms. The number of nitrogens with zero attached hydrogens (tertiary/aromatic N) is 2. The summed E-state index contributed by atoms with van der Waals surface area (Å²) in [7, 11) is 0. The van der Waals surface area contributed by atoms with Crippen molar-refractivity contribution >= 4 is 11.3 Å². The van der Waals surface area contributed by atoms with Gasteiger partial charge in [0.05, 0.1) is 10.6 Å². The van der Waals surface area contributed by atoms with Crippen LogP contribution >= 0.6 is 11.3 Å². The van der Waals surface area contributed by atoms with E-state index in [-0.39, 0.29) is 0 Å². The van der Waals surface area contributed by atoms with Gasteiger partial charge in [-0.05, 0) is 31.2 Å². The lowest BCUT2D eigenvalue weighted by atomic mass is 9.93. The monoisotopic (exact) mass is 289 g/mol. The van der Waals surface area contributed by atoms with E-state index in [9.17, 15) is 0 Å². The lowest BCUT2D eigenvalue weighted by Crippen LogP contribution is -2.60. The summed E-state index contributed by atoms with van der Waals surface area (Å²) in [5.41, 5.74) is 1.10. The molecule has 3 saturated heterocycles. The third-order valence-electron chi connectivity index (χ3n) is 4.44. The van der Waals surface area contributed by atoms with Gasteiger partial charge in [0.15, 0.2) is 0 Å². The minimum absolute atomic E-state index is 0.668. The van der Waals surface area contributed by atoms with Crippen molar-refractivity contribution in [2.45, 2.75) is 38.4 Å². The minimum atomic E-state index is 0.668. The number of aryl methyl sites for hydroxylation is 1. The first-order chi connectivity index (χ1) is 9.79. The smallest absolute Gasteiger partial charge is 0.236 e. The number of fused-ring (bicyclic) bond motifs is 3. The third kappa shape index (κ3) is 2.20. The molecule has 3 aliphatic rings. The van der Waals surface area contributed by atoms with Crippen LogP contribution in [0.2, 0.25) is 0 Å². The second-order valence-corrected chi connectivity index (χ2v) is 6.71. The normalized spacial score (nSPS) is 26.2. The SMILES string of the molecule is Cc1oc(-c2cccs2)nc1CN1CC2CCC1CN2. The number of hydrogen-bond donors (Lipinski definition) is 1. The Hall–Kier alpha value is -1.17. The summed E-state index contributed by atoms with van der Waals surface area (Å²) in [6, 6.07) is 5.44. The van der Waals surface area contributed by atoms with Crippen molar-refractivity contribution in [1.82, 2.24) is 15.2 Å². The van der Waals surface area contributed by atoms with Crippen LogP contribution in [0, 0.1) is 6.92 Å². The highest BCUT2D eigenvalue weighted by atomic mass is 32.1. The predicted octanol–water partition coefficient (Wildman–Crippen LogP) is 2.65. The molecule has 1 N–H and O–H groups in total. The van der Waals surface area contributed by atoms with Crippen LogP contribution in [-0.4, -0.2) is 35.1 Å². The summed E-state index contributed by atoms with van der Waals surface area (Å²) in [5.74, 6) is 1.73. The molecule has 0 amide bonds. The molecular formula is C15H19N3OS. The molecule has 3 fully saturated rings. The van der Waals surface area contributed by atoms with Gasteiger partial charge in [0.25, 0.3) is 0 Å². The number of thiophene rings is 1. The fourth-order valence-corrected chi connectivity index (χ4v) is 3.92. The van der Waals surface area contributed by atoms with Crippen LogP contribution in [0.15, 0.2) is 21.9 Å². The molecule has 2 unspecified atom stereocenters. The molecule has 0 aliphatic carbocycles. The Bertz CT molecular complexity index is 584. The Balaban J connectivity index is 1.54. The van der Waals surface area contributed by atoms with Crippen LogP contribution in [0.25, 0.3) is 10.8 Å². The van der Waals surface area contributed by atoms with Gasteiger partial charge in [-0.25, -0.2) is 4.98 Å². The fraction of sp³-hybridized carbons (Fsp3) is 0.533. The summed E-state index contributed by atoms with van der Waals surface area (Å²) in [6.07, 6.45) is 2.63. The van der Waals surface area contributed by atoms with Crippen molar-refractivity contribution in [3.05, 3.63) is 29.0 Å². The lowest BCUT2D eigenvalue weighted by Gasteiger charge is -2.45. The summed E-state index contributed by atoms with van der Waals surface area (Å²) >= 11 is 1.68. The number of oxazole rings is 1. The van der Waals surface area contributed by atoms with Crippen molar-refractivity contribution in [1.29, 1.82) is 0 Å². The van der Waals surface area contributed by atoms with Crippen LogP contribution in [-0.2, 0) is 6.54 Å². The van der Waals surface area contributed by atoms with Gasteiger partial charge in [0, 0.05) is 31.7 Å². The molecule has 5 rings (SSSR count). The standard InChI is InChI=1S/C15H19N3OS/c1-10-13(17-15(19-10)14-3-2-6-20-14)9-18-8-11-4-5-12(18)7-16-11/h2-3,6,11-12,16H,4-5,7-9H2,1H3. The van der Waals surface area contributed by atoms with E-state index in [1.807, 2.05) is 13.0 Å². The summed E-state index contributed by atoms with van der Waals surface area (Å²) in [4.78, 5) is 8.39. The van der Waals surface area contributed by atoms with Crippen molar-refractivity contribution in [3.63, 3.8) is 0 Å². The quantitative estimate of drug-likeness (QED) is 0.943. The Kier molecular flexibility index (Phi) is 3.13. The molecule has 2 atom stereocenters. The van der Waals surface area contributed by atoms with Crippen molar-refractivity contribution < 1.29 is 4.42 Å². The van der Waals surface area contributed by atoms with E-state index >= 15 is 0 Å². The number of rotatable bonds is 3. The third-order valence-corrected chi connectivity index (χ3v) is 5.30. The molecule has 0 radical (unpaired) electrons. The van der Waals surface area contributed by atoms with Crippen LogP contribution in [0.3, 0.4) is 0 Å². The average Bonchev–Trinajstić information content (AvgIpc) is 3.11. The number of aromatic nitrogens is 1. The van der Waals surface area contributed by atoms with Crippen LogP contribution < -0.4 is 5.32 Å². The first kappa shape index (κ1) is 12.6. The van der Waals surface area contributed by atoms with E-state index in [0.717, 1.165) is 41.9 Å². The van der Waals surface area contributed by atoms with Crippen LogP contribution in [0.4, 0.5) is 0 Å². The lowest BCUT2D eigenvalue weighted by molar-refractivity contribution is 0.0672. The van der Waals surface area contributed by atoms with E-state index in [2.05, 4.69) is 21.7 Å². The summed E-state index contributed by atoms with van der Waals surface area (Å²) in [6.45, 7) is 5.22. The zero-order valence-electron chi connectivity index (χ0n) is 11.6. The molecule has 0 spiro atoms. The van der Waals surface area contributed by atoms with Crippen molar-refractivity contribution in [2.75, 3.05) is 13.1 Å². The molecule has 2 aromatic heterocycles. The molecule has 2 aromatic rings. The van der Waals surface area contributed by atoms with E-state index in [1.165, 1.54) is 12.8 Å². The highest BCUT2D eigenvalue weighted by molar-refractivity contribution is 7.13. The average molecular weight is 289 g/mol. The van der Waals surface area contributed by atoms with Gasteiger partial charge in [0.2, 0.25) is 5.89 Å². The Morgan fingerprint density at radius 1 is 1.50 bits per heavy atom. The van der Waals surface area contributed by atoms with Gasteiger partial charge in [-0.3, -0.25) is 4.90 Å². The highest BCUT2D eigenvalue weighted by Gasteiger charge is 2.33. The summed E-state index contributed by atoms with van der Waals surface area (Å²) in [5, 5.41) is 5.65. The maximum atomic E-state index is 5.84. The Morgan fingerprint density at radius 2 is 2.45 bits per heavy atom. The predicted molar refractivity (Wildman–Crippen MR) is 79.8 cm³/mol. The largest absolute Gasteiger partial charge is 0.440 e. The molecule has 2 bridgehead atoms. The van der Waals surface area contributed by atoms with Gasteiger partial charge < -0.3 is 9.73 Å². The maximum Gasteiger partial charge on any atom is 0.236 e. The van der Waals surface area contributed by atoms with E-state index in [4.69, 9.17) is 9.40 Å². The van der Waals surface area contributed by atoms with Crippen LogP contribution in [0.5, 0.6) is 0 Å². The number of nitrogens with one attached hydrogen (secondary N) is 1. The Morgan fingerprint density at radius 3 is 3.10 bits per heavy atom. The molecule has 5 heteroatoms. The number of hydrogen-bond acceptors (Lipinski definition) is 5. The summed E-state index contributed by atoms with van der Waals surface area (Å²) < 4.78 is 5.84. The van der Waals surface area contributed by atoms with E-state index < -0.39 is 0 Å². The van der Waals surface area contributed by atoms with Crippen molar-refractivity contribution in [3.8, 4) is 10.8 Å². The van der Waals surface area contributed by atoms with Gasteiger partial charge in [0.1, 0.15) is 5.76 Å². The Labute approximate surface area is 122 Å². The topological polar surface area (TPSA) is 41.3 Å².